The molecule has 4 heterocycles. The van der Waals surface area contributed by atoms with Gasteiger partial charge in [0.15, 0.2) is 5.82 Å². The summed E-state index contributed by atoms with van der Waals surface area (Å²) >= 11 is 0. The molecular weight excluding hydrogens is 374 g/mol. The van der Waals surface area contributed by atoms with Crippen LogP contribution in [0.3, 0.4) is 0 Å². The van der Waals surface area contributed by atoms with Crippen LogP contribution >= 0.6 is 0 Å². The van der Waals surface area contributed by atoms with Gasteiger partial charge in [-0.3, -0.25) is 0 Å². The molecule has 2 bridgehead atoms. The molecule has 1 unspecified atom stereocenters. The molecule has 0 saturated carbocycles. The molecule has 3 atom stereocenters. The first kappa shape index (κ1) is 19.1. The van der Waals surface area contributed by atoms with Crippen LogP contribution in [-0.2, 0) is 0 Å². The van der Waals surface area contributed by atoms with E-state index < -0.39 is 0 Å². The van der Waals surface area contributed by atoms with Crippen LogP contribution in [0.15, 0.2) is 54.9 Å². The maximum Gasteiger partial charge on any atom is 0.151 e. The van der Waals surface area contributed by atoms with Crippen molar-refractivity contribution in [2.45, 2.75) is 56.7 Å². The van der Waals surface area contributed by atoms with E-state index in [1.54, 1.807) is 6.07 Å². The SMILES string of the molecule is CN(c1ccc(-c2ccc(-n3cccc3)cc2O)nn1)C1C[C@]2(C)CC[C@](C)(C1)N2. The highest BCUT2D eigenvalue weighted by Gasteiger charge is 2.49. The van der Waals surface area contributed by atoms with Crippen LogP contribution in [0.1, 0.15) is 39.5 Å². The molecule has 2 fully saturated rings. The van der Waals surface area contributed by atoms with Gasteiger partial charge in [0, 0.05) is 53.9 Å². The summed E-state index contributed by atoms with van der Waals surface area (Å²) in [7, 11) is 2.12. The predicted molar refractivity (Wildman–Crippen MR) is 119 cm³/mol. The molecular formula is C24H29N5O. The summed E-state index contributed by atoms with van der Waals surface area (Å²) in [6.07, 6.45) is 8.60. The average Bonchev–Trinajstić information content (AvgIpc) is 3.33. The topological polar surface area (TPSA) is 66.2 Å². The Morgan fingerprint density at radius 3 is 2.33 bits per heavy atom. The van der Waals surface area contributed by atoms with E-state index in [2.05, 4.69) is 41.3 Å². The third-order valence-electron chi connectivity index (χ3n) is 6.92. The van der Waals surface area contributed by atoms with Crippen molar-refractivity contribution in [3.8, 4) is 22.7 Å². The third-order valence-corrected chi connectivity index (χ3v) is 6.92. The molecule has 2 aromatic heterocycles. The van der Waals surface area contributed by atoms with Gasteiger partial charge >= 0.3 is 0 Å². The highest BCUT2D eigenvalue weighted by molar-refractivity contribution is 5.69. The lowest BCUT2D eigenvalue weighted by molar-refractivity contribution is 0.207. The Labute approximate surface area is 177 Å². The largest absolute Gasteiger partial charge is 0.507 e. The molecule has 0 spiro atoms. The summed E-state index contributed by atoms with van der Waals surface area (Å²) in [5.74, 6) is 1.08. The summed E-state index contributed by atoms with van der Waals surface area (Å²) in [6.45, 7) is 4.68. The molecule has 0 aliphatic carbocycles. The van der Waals surface area contributed by atoms with Crippen LogP contribution in [0.2, 0.25) is 0 Å². The van der Waals surface area contributed by atoms with E-state index in [-0.39, 0.29) is 16.8 Å². The number of fused-ring (bicyclic) bond motifs is 2. The molecule has 2 N–H and O–H groups in total. The number of benzene rings is 1. The van der Waals surface area contributed by atoms with Gasteiger partial charge in [0.2, 0.25) is 0 Å². The minimum absolute atomic E-state index is 0.201. The van der Waals surface area contributed by atoms with E-state index in [0.29, 0.717) is 17.3 Å². The second-order valence-electron chi connectivity index (χ2n) is 9.49. The fourth-order valence-electron chi connectivity index (χ4n) is 5.35. The zero-order valence-corrected chi connectivity index (χ0v) is 17.8. The number of hydrogen-bond acceptors (Lipinski definition) is 5. The van der Waals surface area contributed by atoms with Gasteiger partial charge in [0.1, 0.15) is 5.75 Å². The first-order valence-corrected chi connectivity index (χ1v) is 10.7. The van der Waals surface area contributed by atoms with Crippen LogP contribution in [0.25, 0.3) is 16.9 Å². The van der Waals surface area contributed by atoms with Crippen molar-refractivity contribution in [3.63, 3.8) is 0 Å². The number of piperidine rings is 1. The zero-order chi connectivity index (χ0) is 20.9. The normalized spacial score (nSPS) is 27.9. The van der Waals surface area contributed by atoms with E-state index in [0.717, 1.165) is 24.3 Å². The van der Waals surface area contributed by atoms with Crippen LogP contribution in [-0.4, -0.2) is 44.0 Å². The Hall–Kier alpha value is -2.86. The fraction of sp³-hybridized carbons (Fsp3) is 0.417. The third kappa shape index (κ3) is 3.35. The number of nitrogens with zero attached hydrogens (tertiary/aromatic N) is 4. The van der Waals surface area contributed by atoms with E-state index in [1.165, 1.54) is 12.8 Å². The highest BCUT2D eigenvalue weighted by atomic mass is 16.3. The summed E-state index contributed by atoms with van der Waals surface area (Å²) in [5, 5.41) is 23.3. The number of phenols is 1. The number of aromatic hydroxyl groups is 1. The summed E-state index contributed by atoms with van der Waals surface area (Å²) in [6, 6.07) is 13.9. The van der Waals surface area contributed by atoms with Gasteiger partial charge in [-0.1, -0.05) is 0 Å². The van der Waals surface area contributed by atoms with Crippen LogP contribution in [0, 0.1) is 0 Å². The molecule has 1 aromatic carbocycles. The van der Waals surface area contributed by atoms with Crippen molar-refractivity contribution >= 4 is 5.82 Å². The first-order chi connectivity index (χ1) is 14.3. The van der Waals surface area contributed by atoms with E-state index >= 15 is 0 Å². The smallest absolute Gasteiger partial charge is 0.151 e. The van der Waals surface area contributed by atoms with Crippen molar-refractivity contribution in [1.82, 2.24) is 20.1 Å². The van der Waals surface area contributed by atoms with Crippen molar-refractivity contribution < 1.29 is 5.11 Å². The minimum atomic E-state index is 0.201. The highest BCUT2D eigenvalue weighted by Crippen LogP contribution is 2.43. The van der Waals surface area contributed by atoms with Gasteiger partial charge in [-0.05, 0) is 75.9 Å². The lowest BCUT2D eigenvalue weighted by atomic mass is 9.84. The number of rotatable bonds is 4. The summed E-state index contributed by atoms with van der Waals surface area (Å²) < 4.78 is 1.96. The number of aromatic nitrogens is 3. The van der Waals surface area contributed by atoms with E-state index in [9.17, 15) is 5.11 Å². The van der Waals surface area contributed by atoms with Gasteiger partial charge in [-0.25, -0.2) is 0 Å². The molecule has 0 radical (unpaired) electrons. The maximum atomic E-state index is 10.5. The summed E-state index contributed by atoms with van der Waals surface area (Å²) in [4.78, 5) is 2.27. The number of nitrogens with one attached hydrogen (secondary N) is 1. The molecule has 2 saturated heterocycles. The maximum absolute atomic E-state index is 10.5. The van der Waals surface area contributed by atoms with Gasteiger partial charge in [0.25, 0.3) is 0 Å². The lowest BCUT2D eigenvalue weighted by Crippen LogP contribution is -2.58. The number of hydrogen-bond donors (Lipinski definition) is 2. The van der Waals surface area contributed by atoms with Gasteiger partial charge in [0.05, 0.1) is 5.69 Å². The fourth-order valence-corrected chi connectivity index (χ4v) is 5.35. The van der Waals surface area contributed by atoms with Crippen LogP contribution < -0.4 is 10.2 Å². The molecule has 2 aliphatic rings. The van der Waals surface area contributed by atoms with Gasteiger partial charge < -0.3 is 19.9 Å². The first-order valence-electron chi connectivity index (χ1n) is 10.7. The van der Waals surface area contributed by atoms with Crippen LogP contribution in [0.4, 0.5) is 5.82 Å². The Bertz CT molecular complexity index is 1030. The Morgan fingerprint density at radius 1 is 1.03 bits per heavy atom. The molecule has 30 heavy (non-hydrogen) atoms. The van der Waals surface area contributed by atoms with Gasteiger partial charge in [-0.15, -0.1) is 10.2 Å². The minimum Gasteiger partial charge on any atom is -0.507 e. The number of anilines is 1. The molecule has 156 valence electrons. The summed E-state index contributed by atoms with van der Waals surface area (Å²) in [5.41, 5.74) is 2.70. The standard InChI is InChI=1S/C24H29N5O/c1-23-10-11-24(2,27-23)16-18(15-23)28(3)22-9-8-20(25-26-22)19-7-6-17(14-21(19)30)29-12-4-5-13-29/h4-9,12-14,18,27,30H,10-11,15-16H2,1-3H3/t18?,23-,24+. The lowest BCUT2D eigenvalue weighted by Gasteiger charge is -2.45. The second kappa shape index (κ2) is 6.84. The van der Waals surface area contributed by atoms with Gasteiger partial charge in [-0.2, -0.15) is 0 Å². The predicted octanol–water partition coefficient (Wildman–Crippen LogP) is 4.14. The van der Waals surface area contributed by atoms with Crippen molar-refractivity contribution in [2.24, 2.45) is 0 Å². The van der Waals surface area contributed by atoms with Crippen molar-refractivity contribution in [1.29, 1.82) is 0 Å². The molecule has 3 aromatic rings. The monoisotopic (exact) mass is 403 g/mol. The quantitative estimate of drug-likeness (QED) is 0.685. The van der Waals surface area contributed by atoms with Crippen molar-refractivity contribution in [3.05, 3.63) is 54.9 Å². The van der Waals surface area contributed by atoms with E-state index in [1.807, 2.05) is 53.4 Å². The van der Waals surface area contributed by atoms with E-state index in [4.69, 9.17) is 0 Å². The Balaban J connectivity index is 1.36. The molecule has 6 nitrogen and oxygen atoms in total. The number of phenolic OH excluding ortho intramolecular Hbond substituents is 1. The Kier molecular flexibility index (Phi) is 4.36. The molecule has 5 rings (SSSR count). The molecule has 0 amide bonds. The molecule has 2 aliphatic heterocycles. The Morgan fingerprint density at radius 2 is 1.73 bits per heavy atom. The average molecular weight is 404 g/mol. The van der Waals surface area contributed by atoms with Crippen molar-refractivity contribution in [2.75, 3.05) is 11.9 Å². The molecule has 6 heteroatoms. The second-order valence-corrected chi connectivity index (χ2v) is 9.49. The van der Waals surface area contributed by atoms with Crippen LogP contribution in [0.5, 0.6) is 5.75 Å². The zero-order valence-electron chi connectivity index (χ0n) is 17.8.